The molecule has 2 saturated heterocycles. The fraction of sp³-hybridized carbons (Fsp3) is 0.483. The minimum absolute atomic E-state index is 0.0127. The number of sulfone groups is 1. The third kappa shape index (κ3) is 6.67. The van der Waals surface area contributed by atoms with Crippen molar-refractivity contribution in [3.63, 3.8) is 0 Å². The normalized spacial score (nSPS) is 24.6. The summed E-state index contributed by atoms with van der Waals surface area (Å²) in [5.41, 5.74) is 1.30. The van der Waals surface area contributed by atoms with E-state index in [4.69, 9.17) is 14.5 Å². The highest BCUT2D eigenvalue weighted by molar-refractivity contribution is 7.90. The Hall–Kier alpha value is -2.55. The van der Waals surface area contributed by atoms with E-state index in [2.05, 4.69) is 29.2 Å². The van der Waals surface area contributed by atoms with Gasteiger partial charge in [0.05, 0.1) is 11.0 Å². The zero-order valence-electron chi connectivity index (χ0n) is 21.3. The molecule has 2 unspecified atom stereocenters. The summed E-state index contributed by atoms with van der Waals surface area (Å²) < 4.78 is 49.1. The lowest BCUT2D eigenvalue weighted by Gasteiger charge is -2.37. The Balaban J connectivity index is 1.13. The predicted octanol–water partition coefficient (Wildman–Crippen LogP) is 4.92. The van der Waals surface area contributed by atoms with Crippen LogP contribution in [0.1, 0.15) is 42.9 Å². The molecule has 2 fully saturated rings. The highest BCUT2D eigenvalue weighted by Gasteiger charge is 2.29. The van der Waals surface area contributed by atoms with E-state index in [-0.39, 0.29) is 11.5 Å². The van der Waals surface area contributed by atoms with Gasteiger partial charge in [-0.1, -0.05) is 36.4 Å². The van der Waals surface area contributed by atoms with Crippen molar-refractivity contribution in [2.24, 2.45) is 11.8 Å². The number of halogens is 1. The second-order valence-corrected chi connectivity index (χ2v) is 12.4. The van der Waals surface area contributed by atoms with Gasteiger partial charge >= 0.3 is 0 Å². The van der Waals surface area contributed by atoms with Crippen molar-refractivity contribution < 1.29 is 22.3 Å². The van der Waals surface area contributed by atoms with Crippen LogP contribution < -0.4 is 4.74 Å². The van der Waals surface area contributed by atoms with Crippen LogP contribution in [0.2, 0.25) is 0 Å². The standard InChI is InChI=1S/C29H35FN2O4S/c1-37(33,34)26-10-9-24(27(30)18-26)20-36-29-8-4-7-28(31-29)21-11-14-32(15-12-21)19-23-6-3-2-5-22(23)17-25-13-16-35-25/h2-10,18,21-23,25H,11-17,19-20H2,1H3/t22-,23?,25?/m1/s1. The summed E-state index contributed by atoms with van der Waals surface area (Å²) in [6, 6.07) is 9.63. The predicted molar refractivity (Wildman–Crippen MR) is 141 cm³/mol. The minimum atomic E-state index is -3.45. The molecule has 3 atom stereocenters. The monoisotopic (exact) mass is 526 g/mol. The lowest BCUT2D eigenvalue weighted by atomic mass is 9.82. The first kappa shape index (κ1) is 26.1. The Kier molecular flexibility index (Phi) is 8.07. The number of pyridine rings is 1. The molecule has 2 aromatic rings. The number of benzene rings is 1. The van der Waals surface area contributed by atoms with Crippen LogP contribution in [0, 0.1) is 17.7 Å². The van der Waals surface area contributed by atoms with Gasteiger partial charge in [0, 0.05) is 42.6 Å². The number of hydrogen-bond donors (Lipinski definition) is 0. The Bertz CT molecular complexity index is 1250. The fourth-order valence-electron chi connectivity index (χ4n) is 5.40. The Labute approximate surface area is 219 Å². The molecule has 1 aliphatic carbocycles. The van der Waals surface area contributed by atoms with Crippen molar-refractivity contribution in [3.8, 4) is 5.88 Å². The highest BCUT2D eigenvalue weighted by Crippen LogP contribution is 2.32. The molecule has 5 rings (SSSR count). The van der Waals surface area contributed by atoms with E-state index in [1.165, 1.54) is 18.6 Å². The van der Waals surface area contributed by atoms with Gasteiger partial charge in [0.25, 0.3) is 0 Å². The molecule has 8 heteroatoms. The number of ether oxygens (including phenoxy) is 2. The molecule has 0 radical (unpaired) electrons. The molecule has 1 aromatic heterocycles. The van der Waals surface area contributed by atoms with Crippen LogP contribution in [0.15, 0.2) is 65.6 Å². The quantitative estimate of drug-likeness (QED) is 0.462. The summed E-state index contributed by atoms with van der Waals surface area (Å²) in [5, 5.41) is 0. The van der Waals surface area contributed by atoms with Gasteiger partial charge in [0.1, 0.15) is 12.4 Å². The molecule has 0 N–H and O–H groups in total. The lowest BCUT2D eigenvalue weighted by molar-refractivity contribution is -0.0628. The number of piperidine rings is 1. The largest absolute Gasteiger partial charge is 0.473 e. The molecule has 0 bridgehead atoms. The van der Waals surface area contributed by atoms with Gasteiger partial charge in [-0.3, -0.25) is 0 Å². The molecular weight excluding hydrogens is 491 g/mol. The van der Waals surface area contributed by atoms with E-state index >= 15 is 0 Å². The van der Waals surface area contributed by atoms with Crippen molar-refractivity contribution in [2.45, 2.75) is 49.2 Å². The zero-order valence-corrected chi connectivity index (χ0v) is 22.1. The third-order valence-electron chi connectivity index (χ3n) is 7.75. The molecule has 1 aromatic carbocycles. The van der Waals surface area contributed by atoms with Crippen molar-refractivity contribution in [2.75, 3.05) is 32.5 Å². The summed E-state index contributed by atoms with van der Waals surface area (Å²) in [6.45, 7) is 4.04. The van der Waals surface area contributed by atoms with Gasteiger partial charge in [-0.15, -0.1) is 0 Å². The van der Waals surface area contributed by atoms with Crippen LogP contribution in [0.3, 0.4) is 0 Å². The first-order chi connectivity index (χ1) is 17.8. The van der Waals surface area contributed by atoms with E-state index in [1.807, 2.05) is 12.1 Å². The Morgan fingerprint density at radius 1 is 1.08 bits per heavy atom. The molecular formula is C29H35FN2O4S. The van der Waals surface area contributed by atoms with Gasteiger partial charge < -0.3 is 14.4 Å². The molecule has 6 nitrogen and oxygen atoms in total. The van der Waals surface area contributed by atoms with Gasteiger partial charge in [0.15, 0.2) is 9.84 Å². The third-order valence-corrected chi connectivity index (χ3v) is 8.86. The molecule has 198 valence electrons. The number of hydrogen-bond acceptors (Lipinski definition) is 6. The Morgan fingerprint density at radius 3 is 2.51 bits per heavy atom. The molecule has 0 spiro atoms. The summed E-state index contributed by atoms with van der Waals surface area (Å²) in [5.74, 6) is 1.30. The topological polar surface area (TPSA) is 68.7 Å². The minimum Gasteiger partial charge on any atom is -0.473 e. The zero-order chi connectivity index (χ0) is 25.8. The van der Waals surface area contributed by atoms with Crippen LogP contribution in [0.4, 0.5) is 4.39 Å². The first-order valence-corrected chi connectivity index (χ1v) is 15.0. The molecule has 3 aliphatic rings. The number of nitrogens with zero attached hydrogens (tertiary/aromatic N) is 2. The first-order valence-electron chi connectivity index (χ1n) is 13.1. The van der Waals surface area contributed by atoms with Crippen molar-refractivity contribution >= 4 is 9.84 Å². The average Bonchev–Trinajstić information content (AvgIpc) is 2.86. The van der Waals surface area contributed by atoms with Crippen LogP contribution >= 0.6 is 0 Å². The van der Waals surface area contributed by atoms with Crippen molar-refractivity contribution in [1.82, 2.24) is 9.88 Å². The van der Waals surface area contributed by atoms with Gasteiger partial charge in [0.2, 0.25) is 5.88 Å². The van der Waals surface area contributed by atoms with Crippen molar-refractivity contribution in [3.05, 3.63) is 77.8 Å². The van der Waals surface area contributed by atoms with Crippen LogP contribution in [-0.2, 0) is 21.2 Å². The van der Waals surface area contributed by atoms with Crippen molar-refractivity contribution in [1.29, 1.82) is 0 Å². The smallest absolute Gasteiger partial charge is 0.213 e. The van der Waals surface area contributed by atoms with E-state index in [1.54, 1.807) is 6.07 Å². The van der Waals surface area contributed by atoms with E-state index in [0.717, 1.165) is 63.5 Å². The molecule has 0 amide bonds. The second kappa shape index (κ2) is 11.5. The Morgan fingerprint density at radius 2 is 1.84 bits per heavy atom. The van der Waals surface area contributed by atoms with E-state index < -0.39 is 15.7 Å². The van der Waals surface area contributed by atoms with Gasteiger partial charge in [-0.05, 0) is 68.8 Å². The molecule has 2 aliphatic heterocycles. The van der Waals surface area contributed by atoms with E-state index in [9.17, 15) is 12.8 Å². The maximum atomic E-state index is 14.4. The fourth-order valence-corrected chi connectivity index (χ4v) is 6.03. The van der Waals surface area contributed by atoms with Crippen LogP contribution in [-0.4, -0.2) is 56.9 Å². The van der Waals surface area contributed by atoms with Gasteiger partial charge in [-0.25, -0.2) is 17.8 Å². The summed E-state index contributed by atoms with van der Waals surface area (Å²) in [6.07, 6.45) is 14.9. The molecule has 37 heavy (non-hydrogen) atoms. The maximum absolute atomic E-state index is 14.4. The molecule has 3 heterocycles. The number of rotatable bonds is 9. The highest BCUT2D eigenvalue weighted by atomic mass is 32.2. The number of aromatic nitrogens is 1. The van der Waals surface area contributed by atoms with Crippen LogP contribution in [0.5, 0.6) is 5.88 Å². The van der Waals surface area contributed by atoms with E-state index in [0.29, 0.717) is 35.3 Å². The second-order valence-electron chi connectivity index (χ2n) is 10.4. The van der Waals surface area contributed by atoms with Crippen LogP contribution in [0.25, 0.3) is 0 Å². The summed E-state index contributed by atoms with van der Waals surface area (Å²) >= 11 is 0. The summed E-state index contributed by atoms with van der Waals surface area (Å²) in [4.78, 5) is 7.24. The number of likely N-dealkylation sites (tertiary alicyclic amines) is 1. The number of allylic oxidation sites excluding steroid dienone is 3. The SMILES string of the molecule is CS(=O)(=O)c1ccc(COc2cccc(C3CCN(CC4C=CC=C[C@@H]4CC4CCO4)CC3)n2)c(F)c1. The summed E-state index contributed by atoms with van der Waals surface area (Å²) in [7, 11) is -3.45. The maximum Gasteiger partial charge on any atom is 0.213 e. The average molecular weight is 527 g/mol. The lowest BCUT2D eigenvalue weighted by Crippen LogP contribution is -2.39. The molecule has 0 saturated carbocycles. The van der Waals surface area contributed by atoms with Gasteiger partial charge in [-0.2, -0.15) is 0 Å².